The molecule has 1 saturated heterocycles. The van der Waals surface area contributed by atoms with Crippen LogP contribution in [0.2, 0.25) is 5.02 Å². The molecule has 15 heteroatoms. The molecule has 2 aliphatic heterocycles. The number of alkyl halides is 4. The van der Waals surface area contributed by atoms with Crippen molar-refractivity contribution in [3.8, 4) is 22.6 Å². The third-order valence-corrected chi connectivity index (χ3v) is 9.22. The Hall–Kier alpha value is -4.82. The molecule has 4 bridgehead atoms. The Balaban J connectivity index is 1.59. The lowest BCUT2D eigenvalue weighted by Crippen LogP contribution is -2.49. The molecule has 3 aromatic carbocycles. The van der Waals surface area contributed by atoms with Crippen LogP contribution in [-0.2, 0) is 22.2 Å². The van der Waals surface area contributed by atoms with Crippen molar-refractivity contribution in [2.45, 2.75) is 51.1 Å². The first-order valence-corrected chi connectivity index (χ1v) is 16.2. The minimum absolute atomic E-state index is 0.00665. The highest BCUT2D eigenvalue weighted by molar-refractivity contribution is 6.31. The number of nitrogens with zero attached hydrogens (tertiary/aromatic N) is 2. The maximum absolute atomic E-state index is 15.9. The van der Waals surface area contributed by atoms with E-state index in [-0.39, 0.29) is 53.7 Å². The number of hydrogen-bond acceptors (Lipinski definition) is 5. The molecule has 8 nitrogen and oxygen atoms in total. The van der Waals surface area contributed by atoms with E-state index >= 15 is 8.78 Å². The van der Waals surface area contributed by atoms with Crippen molar-refractivity contribution in [2.75, 3.05) is 19.6 Å². The van der Waals surface area contributed by atoms with Gasteiger partial charge in [-0.1, -0.05) is 11.6 Å². The molecule has 1 amide bonds. The topological polar surface area (TPSA) is 101 Å². The van der Waals surface area contributed by atoms with Gasteiger partial charge in [-0.3, -0.25) is 23.9 Å². The molecule has 4 aromatic rings. The summed E-state index contributed by atoms with van der Waals surface area (Å²) in [4.78, 5) is 41.5. The summed E-state index contributed by atoms with van der Waals surface area (Å²) in [6, 6.07) is 5.83. The fourth-order valence-electron chi connectivity index (χ4n) is 6.59. The highest BCUT2D eigenvalue weighted by atomic mass is 35.5. The summed E-state index contributed by atoms with van der Waals surface area (Å²) in [6.07, 6.45) is -6.48. The van der Waals surface area contributed by atoms with Crippen molar-refractivity contribution < 1.29 is 45.8 Å². The van der Waals surface area contributed by atoms with Crippen LogP contribution in [0.5, 0.6) is 11.5 Å². The van der Waals surface area contributed by atoms with E-state index in [9.17, 15) is 37.1 Å². The Labute approximate surface area is 292 Å². The summed E-state index contributed by atoms with van der Waals surface area (Å²) in [5, 5.41) is 12.5. The number of carbonyl (C=O) groups is 2. The number of nitrogens with one attached hydrogen (secondary N) is 1. The van der Waals surface area contributed by atoms with E-state index in [4.69, 9.17) is 16.3 Å². The number of aromatic nitrogens is 1. The maximum Gasteiger partial charge on any atom is 0.416 e. The SMILES string of the molecule is Cc1cc2cc(c1F)C(CC(=O)O)NC(=O)C(n1cc(CCN3CC(F)C3)c(C(F)(F)F)cc1=O)c1cc(ccc1F)Oc1cc(Cl)cc(C)c1-2. The Kier molecular flexibility index (Phi) is 9.68. The van der Waals surface area contributed by atoms with E-state index in [0.717, 1.165) is 18.3 Å². The average Bonchev–Trinajstić information content (AvgIpc) is 3.01. The number of ether oxygens (including phenoxy) is 1. The first-order chi connectivity index (χ1) is 24.0. The number of likely N-dealkylation sites (tertiary alicyclic amines) is 1. The van der Waals surface area contributed by atoms with Crippen LogP contribution in [-0.4, -0.2) is 52.3 Å². The molecule has 268 valence electrons. The number of halogens is 7. The predicted octanol–water partition coefficient (Wildman–Crippen LogP) is 7.31. The molecule has 2 atom stereocenters. The quantitative estimate of drug-likeness (QED) is 0.202. The molecule has 2 aliphatic rings. The standard InChI is InChI=1S/C36H30ClF6N3O5/c1-17-8-21(37)10-29-32(17)20-7-18(2)33(40)25(9-20)28(13-31(48)49)44-35(50)34(24-11-23(51-29)3-4-27(24)39)46-14-19(5-6-45-15-22(38)16-45)26(12-30(46)47)36(41,42)43/h3-4,7-12,14,22,28,34H,5-6,13,15-16H2,1-2H3,(H,44,50)(H,48,49). The van der Waals surface area contributed by atoms with Crippen LogP contribution in [0, 0.1) is 25.5 Å². The third-order valence-electron chi connectivity index (χ3n) is 9.00. The van der Waals surface area contributed by atoms with Crippen molar-refractivity contribution in [1.29, 1.82) is 0 Å². The third kappa shape index (κ3) is 7.33. The summed E-state index contributed by atoms with van der Waals surface area (Å²) in [6.45, 7) is 3.16. The Morgan fingerprint density at radius 3 is 2.41 bits per heavy atom. The predicted molar refractivity (Wildman–Crippen MR) is 175 cm³/mol. The zero-order chi connectivity index (χ0) is 36.9. The van der Waals surface area contributed by atoms with Crippen molar-refractivity contribution in [2.24, 2.45) is 0 Å². The van der Waals surface area contributed by atoms with Crippen LogP contribution in [0.25, 0.3) is 11.1 Å². The Bertz CT molecular complexity index is 2110. The normalized spacial score (nSPS) is 18.0. The zero-order valence-electron chi connectivity index (χ0n) is 27.1. The summed E-state index contributed by atoms with van der Waals surface area (Å²) < 4.78 is 94.5. The molecule has 2 N–H and O–H groups in total. The largest absolute Gasteiger partial charge is 0.481 e. The van der Waals surface area contributed by atoms with Gasteiger partial charge in [-0.05, 0) is 78.9 Å². The van der Waals surface area contributed by atoms with Gasteiger partial charge in [0.25, 0.3) is 5.56 Å². The summed E-state index contributed by atoms with van der Waals surface area (Å²) in [7, 11) is 0. The summed E-state index contributed by atoms with van der Waals surface area (Å²) in [5.74, 6) is -4.49. The number of carbonyl (C=O) groups excluding carboxylic acids is 1. The van der Waals surface area contributed by atoms with Gasteiger partial charge >= 0.3 is 12.1 Å². The van der Waals surface area contributed by atoms with Crippen molar-refractivity contribution in [3.63, 3.8) is 0 Å². The highest BCUT2D eigenvalue weighted by Gasteiger charge is 2.38. The molecule has 1 aromatic heterocycles. The van der Waals surface area contributed by atoms with Gasteiger partial charge in [-0.15, -0.1) is 0 Å². The number of carboxylic acids is 1. The van der Waals surface area contributed by atoms with E-state index < -0.39 is 76.6 Å². The number of aryl methyl sites for hydroxylation is 2. The number of benzene rings is 3. The van der Waals surface area contributed by atoms with Gasteiger partial charge in [-0.2, -0.15) is 13.2 Å². The molecule has 6 rings (SSSR count). The fraction of sp³-hybridized carbons (Fsp3) is 0.306. The van der Waals surface area contributed by atoms with Crippen molar-refractivity contribution in [3.05, 3.63) is 115 Å². The first-order valence-electron chi connectivity index (χ1n) is 15.8. The first kappa shape index (κ1) is 36.0. The van der Waals surface area contributed by atoms with E-state index in [0.29, 0.717) is 27.3 Å². The second-order valence-corrected chi connectivity index (χ2v) is 13.1. The molecule has 3 heterocycles. The number of carboxylic acid groups (broad SMARTS) is 1. The van der Waals surface area contributed by atoms with Crippen LogP contribution in [0.1, 0.15) is 51.9 Å². The number of pyridine rings is 1. The summed E-state index contributed by atoms with van der Waals surface area (Å²) in [5.41, 5.74) is -2.36. The van der Waals surface area contributed by atoms with Crippen LogP contribution < -0.4 is 15.6 Å². The van der Waals surface area contributed by atoms with E-state index in [1.54, 1.807) is 17.9 Å². The van der Waals surface area contributed by atoms with Gasteiger partial charge in [0.05, 0.1) is 18.0 Å². The molecule has 0 aliphatic carbocycles. The number of rotatable bonds is 6. The van der Waals surface area contributed by atoms with Gasteiger partial charge in [0.2, 0.25) is 5.91 Å². The van der Waals surface area contributed by atoms with Gasteiger partial charge in [0, 0.05) is 59.7 Å². The molecule has 2 unspecified atom stereocenters. The average molecular weight is 734 g/mol. The molecule has 0 spiro atoms. The number of aliphatic carboxylic acids is 1. The lowest BCUT2D eigenvalue weighted by molar-refractivity contribution is -0.139. The lowest BCUT2D eigenvalue weighted by atomic mass is 9.92. The van der Waals surface area contributed by atoms with Crippen LogP contribution >= 0.6 is 11.6 Å². The molecule has 0 saturated carbocycles. The molecular formula is C36H30ClF6N3O5. The van der Waals surface area contributed by atoms with Crippen molar-refractivity contribution >= 4 is 23.5 Å². The smallest absolute Gasteiger partial charge is 0.416 e. The fourth-order valence-corrected chi connectivity index (χ4v) is 6.85. The van der Waals surface area contributed by atoms with Gasteiger partial charge in [0.15, 0.2) is 0 Å². The van der Waals surface area contributed by atoms with Gasteiger partial charge in [0.1, 0.15) is 35.3 Å². The van der Waals surface area contributed by atoms with Crippen LogP contribution in [0.4, 0.5) is 26.3 Å². The second kappa shape index (κ2) is 13.7. The molecule has 1 fully saturated rings. The number of hydrogen-bond donors (Lipinski definition) is 2. The number of fused-ring (bicyclic) bond motifs is 6. The Morgan fingerprint density at radius 1 is 1.02 bits per heavy atom. The molecule has 0 radical (unpaired) electrons. The minimum atomic E-state index is -4.99. The monoisotopic (exact) mass is 733 g/mol. The summed E-state index contributed by atoms with van der Waals surface area (Å²) >= 11 is 6.37. The zero-order valence-corrected chi connectivity index (χ0v) is 27.8. The molecule has 51 heavy (non-hydrogen) atoms. The lowest BCUT2D eigenvalue weighted by Gasteiger charge is -2.34. The van der Waals surface area contributed by atoms with Gasteiger partial charge < -0.3 is 15.2 Å². The second-order valence-electron chi connectivity index (χ2n) is 12.7. The number of amides is 1. The Morgan fingerprint density at radius 2 is 1.75 bits per heavy atom. The van der Waals surface area contributed by atoms with Gasteiger partial charge in [-0.25, -0.2) is 13.2 Å². The minimum Gasteiger partial charge on any atom is -0.481 e. The van der Waals surface area contributed by atoms with E-state index in [1.807, 2.05) is 0 Å². The highest BCUT2D eigenvalue weighted by Crippen LogP contribution is 2.42. The van der Waals surface area contributed by atoms with Crippen molar-refractivity contribution in [1.82, 2.24) is 14.8 Å². The van der Waals surface area contributed by atoms with Crippen LogP contribution in [0.15, 0.2) is 59.5 Å². The van der Waals surface area contributed by atoms with E-state index in [1.165, 1.54) is 31.2 Å². The maximum atomic E-state index is 15.9. The molecular weight excluding hydrogens is 704 g/mol. The van der Waals surface area contributed by atoms with E-state index in [2.05, 4.69) is 5.32 Å². The van der Waals surface area contributed by atoms with Crippen LogP contribution in [0.3, 0.4) is 0 Å².